The molecule has 0 aromatic heterocycles. The molecule has 0 saturated heterocycles. The van der Waals surface area contributed by atoms with Crippen molar-refractivity contribution in [1.82, 2.24) is 5.32 Å². The third-order valence-corrected chi connectivity index (χ3v) is 3.33. The molecule has 17 heavy (non-hydrogen) atoms. The Hall–Kier alpha value is -1.15. The van der Waals surface area contributed by atoms with Crippen LogP contribution in [0.3, 0.4) is 0 Å². The number of rotatable bonds is 5. The largest absolute Gasteiger partial charge is 0.314 e. The van der Waals surface area contributed by atoms with Crippen LogP contribution in [-0.4, -0.2) is 18.4 Å². The first-order chi connectivity index (χ1) is 8.16. The van der Waals surface area contributed by atoms with E-state index in [4.69, 9.17) is 0 Å². The van der Waals surface area contributed by atoms with Crippen LogP contribution in [0.5, 0.6) is 0 Å². The SMILES string of the molecule is CC(C)NCCC(=O)c1ccc2c(c1)CCC2. The number of fused-ring (bicyclic) bond motifs is 1. The topological polar surface area (TPSA) is 29.1 Å². The van der Waals surface area contributed by atoms with Crippen molar-refractivity contribution < 1.29 is 4.79 Å². The van der Waals surface area contributed by atoms with Gasteiger partial charge in [-0.05, 0) is 36.5 Å². The van der Waals surface area contributed by atoms with Crippen molar-refractivity contribution in [3.8, 4) is 0 Å². The maximum Gasteiger partial charge on any atom is 0.164 e. The molecule has 0 bridgehead atoms. The molecule has 1 aliphatic carbocycles. The maximum absolute atomic E-state index is 12.0. The Balaban J connectivity index is 1.95. The lowest BCUT2D eigenvalue weighted by Gasteiger charge is -2.08. The van der Waals surface area contributed by atoms with Crippen LogP contribution in [0.25, 0.3) is 0 Å². The van der Waals surface area contributed by atoms with Gasteiger partial charge in [0.15, 0.2) is 5.78 Å². The van der Waals surface area contributed by atoms with Crippen LogP contribution in [0.4, 0.5) is 0 Å². The zero-order chi connectivity index (χ0) is 12.3. The number of carbonyl (C=O) groups is 1. The Kier molecular flexibility index (Phi) is 3.95. The number of ketones is 1. The highest BCUT2D eigenvalue weighted by molar-refractivity contribution is 5.96. The van der Waals surface area contributed by atoms with Gasteiger partial charge in [-0.1, -0.05) is 26.0 Å². The molecule has 1 aromatic carbocycles. The zero-order valence-corrected chi connectivity index (χ0v) is 10.8. The van der Waals surface area contributed by atoms with Crippen molar-refractivity contribution in [3.63, 3.8) is 0 Å². The second-order valence-corrected chi connectivity index (χ2v) is 5.12. The second-order valence-electron chi connectivity index (χ2n) is 5.12. The van der Waals surface area contributed by atoms with E-state index in [9.17, 15) is 4.79 Å². The minimum atomic E-state index is 0.257. The summed E-state index contributed by atoms with van der Waals surface area (Å²) in [6.45, 7) is 4.97. The lowest BCUT2D eigenvalue weighted by molar-refractivity contribution is 0.0982. The molecule has 0 heterocycles. The summed E-state index contributed by atoms with van der Waals surface area (Å²) in [5.74, 6) is 0.257. The van der Waals surface area contributed by atoms with Gasteiger partial charge < -0.3 is 5.32 Å². The molecule has 0 saturated carbocycles. The molecule has 1 N–H and O–H groups in total. The summed E-state index contributed by atoms with van der Waals surface area (Å²) in [5, 5.41) is 3.28. The molecule has 0 aliphatic heterocycles. The number of carbonyl (C=O) groups excluding carboxylic acids is 1. The van der Waals surface area contributed by atoms with Gasteiger partial charge in [0.2, 0.25) is 0 Å². The minimum absolute atomic E-state index is 0.257. The number of aryl methyl sites for hydroxylation is 2. The molecular formula is C15H21NO. The Morgan fingerprint density at radius 2 is 2.06 bits per heavy atom. The molecule has 0 amide bonds. The molecule has 1 aromatic rings. The first kappa shape index (κ1) is 12.3. The summed E-state index contributed by atoms with van der Waals surface area (Å²) in [6, 6.07) is 6.66. The van der Waals surface area contributed by atoms with Crippen LogP contribution in [0.15, 0.2) is 18.2 Å². The molecule has 0 spiro atoms. The molecule has 0 fully saturated rings. The van der Waals surface area contributed by atoms with Crippen molar-refractivity contribution >= 4 is 5.78 Å². The van der Waals surface area contributed by atoms with Crippen LogP contribution in [0, 0.1) is 0 Å². The van der Waals surface area contributed by atoms with Crippen molar-refractivity contribution in [2.24, 2.45) is 0 Å². The highest BCUT2D eigenvalue weighted by Crippen LogP contribution is 2.23. The number of hydrogen-bond donors (Lipinski definition) is 1. The first-order valence-electron chi connectivity index (χ1n) is 6.55. The zero-order valence-electron chi connectivity index (χ0n) is 10.8. The molecule has 0 radical (unpaired) electrons. The summed E-state index contributed by atoms with van der Waals surface area (Å²) in [5.41, 5.74) is 3.70. The van der Waals surface area contributed by atoms with Crippen LogP contribution in [0.1, 0.15) is 48.2 Å². The van der Waals surface area contributed by atoms with Gasteiger partial charge >= 0.3 is 0 Å². The van der Waals surface area contributed by atoms with Gasteiger partial charge in [-0.15, -0.1) is 0 Å². The predicted octanol–water partition coefficient (Wildman–Crippen LogP) is 2.75. The quantitative estimate of drug-likeness (QED) is 0.789. The number of benzene rings is 1. The van der Waals surface area contributed by atoms with Crippen molar-refractivity contribution in [3.05, 3.63) is 34.9 Å². The number of nitrogens with one attached hydrogen (secondary N) is 1. The van der Waals surface area contributed by atoms with E-state index in [0.717, 1.165) is 18.5 Å². The van der Waals surface area contributed by atoms with Crippen LogP contribution < -0.4 is 5.32 Å². The van der Waals surface area contributed by atoms with Crippen LogP contribution >= 0.6 is 0 Å². The van der Waals surface area contributed by atoms with E-state index in [1.807, 2.05) is 6.07 Å². The van der Waals surface area contributed by atoms with E-state index in [-0.39, 0.29) is 5.78 Å². The molecular weight excluding hydrogens is 210 g/mol. The van der Waals surface area contributed by atoms with Gasteiger partial charge in [-0.2, -0.15) is 0 Å². The summed E-state index contributed by atoms with van der Waals surface area (Å²) in [4.78, 5) is 12.0. The summed E-state index contributed by atoms with van der Waals surface area (Å²) in [7, 11) is 0. The Bertz CT molecular complexity index is 409. The Labute approximate surface area is 103 Å². The van der Waals surface area contributed by atoms with Crippen LogP contribution in [0.2, 0.25) is 0 Å². The van der Waals surface area contributed by atoms with Crippen LogP contribution in [-0.2, 0) is 12.8 Å². The van der Waals surface area contributed by atoms with Gasteiger partial charge in [0, 0.05) is 24.6 Å². The monoisotopic (exact) mass is 231 g/mol. The van der Waals surface area contributed by atoms with Gasteiger partial charge in [-0.25, -0.2) is 0 Å². The lowest BCUT2D eigenvalue weighted by atomic mass is 10.0. The van der Waals surface area contributed by atoms with E-state index in [0.29, 0.717) is 12.5 Å². The van der Waals surface area contributed by atoms with Crippen molar-refractivity contribution in [2.75, 3.05) is 6.54 Å². The Morgan fingerprint density at radius 3 is 2.82 bits per heavy atom. The van der Waals surface area contributed by atoms with E-state index < -0.39 is 0 Å². The van der Waals surface area contributed by atoms with Gasteiger partial charge in [0.25, 0.3) is 0 Å². The Morgan fingerprint density at radius 1 is 1.29 bits per heavy atom. The standard InChI is InChI=1S/C15H21NO/c1-11(2)16-9-8-15(17)14-7-6-12-4-3-5-13(12)10-14/h6-7,10-11,16H,3-5,8-9H2,1-2H3. The van der Waals surface area contributed by atoms with Crippen molar-refractivity contribution in [2.45, 2.75) is 45.6 Å². The second kappa shape index (κ2) is 5.46. The van der Waals surface area contributed by atoms with E-state index in [1.54, 1.807) is 0 Å². The number of Topliss-reactive ketones (excluding diaryl/α,β-unsaturated/α-hetero) is 1. The fourth-order valence-electron chi connectivity index (χ4n) is 2.36. The summed E-state index contributed by atoms with van der Waals surface area (Å²) in [6.07, 6.45) is 4.15. The normalized spacial score (nSPS) is 14.1. The first-order valence-corrected chi connectivity index (χ1v) is 6.55. The predicted molar refractivity (Wildman–Crippen MR) is 70.6 cm³/mol. The summed E-state index contributed by atoms with van der Waals surface area (Å²) < 4.78 is 0. The smallest absolute Gasteiger partial charge is 0.164 e. The molecule has 0 atom stereocenters. The van der Waals surface area contributed by atoms with E-state index in [2.05, 4.69) is 31.3 Å². The fourth-order valence-corrected chi connectivity index (χ4v) is 2.36. The molecule has 0 unspecified atom stereocenters. The van der Waals surface area contributed by atoms with Gasteiger partial charge in [0.1, 0.15) is 0 Å². The lowest BCUT2D eigenvalue weighted by Crippen LogP contribution is -2.25. The minimum Gasteiger partial charge on any atom is -0.314 e. The number of hydrogen-bond acceptors (Lipinski definition) is 2. The average molecular weight is 231 g/mol. The third kappa shape index (κ3) is 3.16. The maximum atomic E-state index is 12.0. The third-order valence-electron chi connectivity index (χ3n) is 3.33. The fraction of sp³-hybridized carbons (Fsp3) is 0.533. The van der Waals surface area contributed by atoms with Gasteiger partial charge in [0.05, 0.1) is 0 Å². The van der Waals surface area contributed by atoms with Gasteiger partial charge in [-0.3, -0.25) is 4.79 Å². The highest BCUT2D eigenvalue weighted by Gasteiger charge is 2.13. The molecule has 92 valence electrons. The summed E-state index contributed by atoms with van der Waals surface area (Å²) >= 11 is 0. The average Bonchev–Trinajstić information content (AvgIpc) is 2.75. The molecule has 2 rings (SSSR count). The molecule has 2 heteroatoms. The van der Waals surface area contributed by atoms with Crippen molar-refractivity contribution in [1.29, 1.82) is 0 Å². The molecule has 1 aliphatic rings. The highest BCUT2D eigenvalue weighted by atomic mass is 16.1. The van der Waals surface area contributed by atoms with E-state index >= 15 is 0 Å². The molecule has 2 nitrogen and oxygen atoms in total. The van der Waals surface area contributed by atoms with E-state index in [1.165, 1.54) is 24.0 Å².